The van der Waals surface area contributed by atoms with Crippen LogP contribution in [-0.2, 0) is 9.59 Å². The number of aryl methyl sites for hydroxylation is 1. The third-order valence-electron chi connectivity index (χ3n) is 3.79. The Morgan fingerprint density at radius 1 is 1.35 bits per heavy atom. The number of rotatable bonds is 5. The zero-order valence-electron chi connectivity index (χ0n) is 12.9. The fraction of sp³-hybridized carbons (Fsp3) is 0.467. The van der Waals surface area contributed by atoms with E-state index in [9.17, 15) is 9.59 Å². The first-order valence-electron chi connectivity index (χ1n) is 7.48. The van der Waals surface area contributed by atoms with Crippen molar-refractivity contribution in [2.24, 2.45) is 0 Å². The van der Waals surface area contributed by atoms with Gasteiger partial charge in [-0.2, -0.15) is 0 Å². The lowest BCUT2D eigenvalue weighted by Gasteiger charge is -2.32. The van der Waals surface area contributed by atoms with Crippen LogP contribution < -0.4 is 0 Å². The van der Waals surface area contributed by atoms with Crippen LogP contribution in [0, 0.1) is 6.92 Å². The highest BCUT2D eigenvalue weighted by molar-refractivity contribution is 7.99. The minimum Gasteiger partial charge on any atom is -0.342 e. The molecule has 6 nitrogen and oxygen atoms in total. The molecule has 0 aromatic carbocycles. The molecule has 0 spiro atoms. The fourth-order valence-electron chi connectivity index (χ4n) is 2.54. The monoisotopic (exact) mass is 350 g/mol. The van der Waals surface area contributed by atoms with Crippen LogP contribution in [0.1, 0.15) is 11.3 Å². The van der Waals surface area contributed by atoms with Gasteiger partial charge >= 0.3 is 0 Å². The highest BCUT2D eigenvalue weighted by Gasteiger charge is 2.19. The topological polar surface area (TPSA) is 66.4 Å². The van der Waals surface area contributed by atoms with Crippen molar-refractivity contribution >= 4 is 45.6 Å². The third kappa shape index (κ3) is 3.81. The lowest BCUT2D eigenvalue weighted by Crippen LogP contribution is -2.48. The summed E-state index contributed by atoms with van der Waals surface area (Å²) in [5.74, 6) is 0.850. The van der Waals surface area contributed by atoms with Crippen molar-refractivity contribution in [3.8, 4) is 0 Å². The molecule has 0 bridgehead atoms. The van der Waals surface area contributed by atoms with Crippen molar-refractivity contribution in [1.82, 2.24) is 19.8 Å². The lowest BCUT2D eigenvalue weighted by molar-refractivity contribution is -0.134. The van der Waals surface area contributed by atoms with E-state index in [1.807, 2.05) is 4.90 Å². The molecule has 1 fully saturated rings. The summed E-state index contributed by atoms with van der Waals surface area (Å²) in [6.45, 7) is 4.57. The Bertz CT molecular complexity index is 711. The number of carbonyl (C=O) groups is 2. The zero-order chi connectivity index (χ0) is 16.2. The molecule has 0 saturated carbocycles. The van der Waals surface area contributed by atoms with E-state index in [0.717, 1.165) is 21.7 Å². The highest BCUT2D eigenvalue weighted by Crippen LogP contribution is 2.30. The van der Waals surface area contributed by atoms with E-state index in [-0.39, 0.29) is 5.91 Å². The molecular formula is C15H18N4O2S2. The number of carbonyl (C=O) groups excluding carboxylic acids is 2. The van der Waals surface area contributed by atoms with Crippen LogP contribution in [0.2, 0.25) is 0 Å². The minimum absolute atomic E-state index is 0.148. The second-order valence-electron chi connectivity index (χ2n) is 5.38. The Kier molecular flexibility index (Phi) is 5.12. The summed E-state index contributed by atoms with van der Waals surface area (Å²) >= 11 is 3.26. The largest absolute Gasteiger partial charge is 0.342 e. The normalized spacial score (nSPS) is 15.2. The van der Waals surface area contributed by atoms with Crippen molar-refractivity contribution < 1.29 is 9.59 Å². The molecule has 1 aliphatic heterocycles. The van der Waals surface area contributed by atoms with Crippen LogP contribution in [-0.4, -0.2) is 64.0 Å². The Balaban J connectivity index is 1.52. The smallest absolute Gasteiger partial charge is 0.223 e. The lowest BCUT2D eigenvalue weighted by atomic mass is 10.3. The van der Waals surface area contributed by atoms with Gasteiger partial charge in [-0.25, -0.2) is 9.97 Å². The molecule has 122 valence electrons. The summed E-state index contributed by atoms with van der Waals surface area (Å²) in [5, 5.41) is 2.02. The highest BCUT2D eigenvalue weighted by atomic mass is 32.2. The molecular weight excluding hydrogens is 332 g/mol. The standard InChI is InChI=1S/C15H18N4O2S2/c1-11-8-12-14(16-9-17-15(12)23-11)22-7-2-13(21)19-5-3-18(10-20)4-6-19/h8-10H,2-7H2,1H3. The Hall–Kier alpha value is -1.67. The van der Waals surface area contributed by atoms with E-state index in [4.69, 9.17) is 0 Å². The maximum absolute atomic E-state index is 12.2. The van der Waals surface area contributed by atoms with Gasteiger partial charge in [-0.1, -0.05) is 0 Å². The number of hydrogen-bond donors (Lipinski definition) is 0. The molecule has 0 N–H and O–H groups in total. The predicted molar refractivity (Wildman–Crippen MR) is 91.7 cm³/mol. The number of nitrogens with zero attached hydrogens (tertiary/aromatic N) is 4. The second kappa shape index (κ2) is 7.27. The van der Waals surface area contributed by atoms with Gasteiger partial charge in [0.25, 0.3) is 0 Å². The zero-order valence-corrected chi connectivity index (χ0v) is 14.5. The number of thiophene rings is 1. The van der Waals surface area contributed by atoms with E-state index in [2.05, 4.69) is 23.0 Å². The van der Waals surface area contributed by atoms with Crippen molar-refractivity contribution in [3.63, 3.8) is 0 Å². The first-order chi connectivity index (χ1) is 11.2. The SMILES string of the molecule is Cc1cc2c(SCCC(=O)N3CCN(C=O)CC3)ncnc2s1. The maximum Gasteiger partial charge on any atom is 0.223 e. The van der Waals surface area contributed by atoms with E-state index in [0.29, 0.717) is 38.4 Å². The number of fused-ring (bicyclic) bond motifs is 1. The number of hydrogen-bond acceptors (Lipinski definition) is 6. The number of aromatic nitrogens is 2. The van der Waals surface area contributed by atoms with Crippen molar-refractivity contribution in [2.75, 3.05) is 31.9 Å². The first-order valence-corrected chi connectivity index (χ1v) is 9.28. The van der Waals surface area contributed by atoms with Gasteiger partial charge in [0.2, 0.25) is 12.3 Å². The van der Waals surface area contributed by atoms with E-state index in [1.54, 1.807) is 34.3 Å². The average molecular weight is 350 g/mol. The number of thioether (sulfide) groups is 1. The van der Waals surface area contributed by atoms with E-state index in [1.165, 1.54) is 4.88 Å². The van der Waals surface area contributed by atoms with Crippen LogP contribution in [0.3, 0.4) is 0 Å². The van der Waals surface area contributed by atoms with Gasteiger partial charge in [-0.3, -0.25) is 9.59 Å². The molecule has 3 rings (SSSR count). The predicted octanol–water partition coefficient (Wildman–Crippen LogP) is 1.78. The molecule has 2 aromatic heterocycles. The molecule has 3 heterocycles. The Morgan fingerprint density at radius 3 is 2.87 bits per heavy atom. The van der Waals surface area contributed by atoms with Crippen LogP contribution in [0.5, 0.6) is 0 Å². The van der Waals surface area contributed by atoms with Crippen molar-refractivity contribution in [2.45, 2.75) is 18.4 Å². The summed E-state index contributed by atoms with van der Waals surface area (Å²) in [6, 6.07) is 2.10. The molecule has 0 radical (unpaired) electrons. The quantitative estimate of drug-likeness (QED) is 0.467. The maximum atomic E-state index is 12.2. The Labute approximate surface area is 142 Å². The Morgan fingerprint density at radius 2 is 2.13 bits per heavy atom. The van der Waals surface area contributed by atoms with Crippen LogP contribution >= 0.6 is 23.1 Å². The average Bonchev–Trinajstić information content (AvgIpc) is 2.96. The van der Waals surface area contributed by atoms with Gasteiger partial charge in [0, 0.05) is 48.6 Å². The molecule has 0 atom stereocenters. The molecule has 1 saturated heterocycles. The minimum atomic E-state index is 0.148. The fourth-order valence-corrected chi connectivity index (χ4v) is 4.35. The molecule has 0 aliphatic carbocycles. The molecule has 2 aromatic rings. The molecule has 8 heteroatoms. The van der Waals surface area contributed by atoms with Gasteiger partial charge < -0.3 is 9.80 Å². The van der Waals surface area contributed by atoms with E-state index < -0.39 is 0 Å². The van der Waals surface area contributed by atoms with Gasteiger partial charge in [0.1, 0.15) is 16.2 Å². The van der Waals surface area contributed by atoms with Gasteiger partial charge in [-0.15, -0.1) is 23.1 Å². The van der Waals surface area contributed by atoms with Crippen LogP contribution in [0.25, 0.3) is 10.2 Å². The molecule has 1 aliphatic rings. The van der Waals surface area contributed by atoms with Gasteiger partial charge in [0.05, 0.1) is 0 Å². The first kappa shape index (κ1) is 16.2. The molecule has 0 unspecified atom stereocenters. The molecule has 23 heavy (non-hydrogen) atoms. The second-order valence-corrected chi connectivity index (χ2v) is 7.69. The van der Waals surface area contributed by atoms with Gasteiger partial charge in [0.15, 0.2) is 0 Å². The van der Waals surface area contributed by atoms with Gasteiger partial charge in [-0.05, 0) is 13.0 Å². The summed E-state index contributed by atoms with van der Waals surface area (Å²) in [7, 11) is 0. The summed E-state index contributed by atoms with van der Waals surface area (Å²) in [4.78, 5) is 37.3. The van der Waals surface area contributed by atoms with Crippen LogP contribution in [0.4, 0.5) is 0 Å². The van der Waals surface area contributed by atoms with Crippen molar-refractivity contribution in [1.29, 1.82) is 0 Å². The summed E-state index contributed by atoms with van der Waals surface area (Å²) in [5.41, 5.74) is 0. The summed E-state index contributed by atoms with van der Waals surface area (Å²) < 4.78 is 0. The van der Waals surface area contributed by atoms with Crippen molar-refractivity contribution in [3.05, 3.63) is 17.3 Å². The van der Waals surface area contributed by atoms with E-state index >= 15 is 0 Å². The third-order valence-corrected chi connectivity index (χ3v) is 5.75. The summed E-state index contributed by atoms with van der Waals surface area (Å²) in [6.07, 6.45) is 2.92. The van der Waals surface area contributed by atoms with Crippen LogP contribution in [0.15, 0.2) is 17.4 Å². The number of amides is 2. The number of piperazine rings is 1. The molecule has 2 amide bonds.